The zero-order valence-electron chi connectivity index (χ0n) is 9.58. The Labute approximate surface area is 113 Å². The van der Waals surface area contributed by atoms with Gasteiger partial charge in [-0.1, -0.05) is 35.2 Å². The van der Waals surface area contributed by atoms with Gasteiger partial charge in [-0.3, -0.25) is 0 Å². The molecule has 17 heavy (non-hydrogen) atoms. The molecule has 0 saturated heterocycles. The van der Waals surface area contributed by atoms with E-state index in [4.69, 9.17) is 10.7 Å². The molecule has 0 atom stereocenters. The van der Waals surface area contributed by atoms with E-state index in [2.05, 4.69) is 28.1 Å². The van der Waals surface area contributed by atoms with Crippen molar-refractivity contribution in [2.45, 2.75) is 37.6 Å². The molecule has 0 aliphatic heterocycles. The van der Waals surface area contributed by atoms with Crippen molar-refractivity contribution in [1.29, 1.82) is 0 Å². The minimum atomic E-state index is -0.172. The highest BCUT2D eigenvalue weighted by Crippen LogP contribution is 2.38. The molecule has 0 radical (unpaired) electrons. The second kappa shape index (κ2) is 4.34. The minimum absolute atomic E-state index is 0.172. The van der Waals surface area contributed by atoms with E-state index < -0.39 is 0 Å². The first-order chi connectivity index (χ1) is 8.17. The first kappa shape index (κ1) is 11.6. The number of rotatable bonds is 1. The van der Waals surface area contributed by atoms with Crippen molar-refractivity contribution in [2.75, 3.05) is 0 Å². The lowest BCUT2D eigenvalue weighted by atomic mass is 9.83. The van der Waals surface area contributed by atoms with Crippen LogP contribution in [-0.4, -0.2) is 4.98 Å². The molecule has 2 nitrogen and oxygen atoms in total. The van der Waals surface area contributed by atoms with Gasteiger partial charge in [0.2, 0.25) is 0 Å². The van der Waals surface area contributed by atoms with E-state index in [1.165, 1.54) is 24.0 Å². The Balaban J connectivity index is 2.05. The van der Waals surface area contributed by atoms with Crippen LogP contribution in [0.15, 0.2) is 22.7 Å². The average molecular weight is 311 g/mol. The van der Waals surface area contributed by atoms with E-state index in [0.29, 0.717) is 0 Å². The Hall–Kier alpha value is -0.450. The zero-order chi connectivity index (χ0) is 11.9. The normalized spacial score (nSPS) is 19.6. The van der Waals surface area contributed by atoms with Gasteiger partial charge in [-0.05, 0) is 31.0 Å². The van der Waals surface area contributed by atoms with Crippen LogP contribution in [0.2, 0.25) is 0 Å². The summed E-state index contributed by atoms with van der Waals surface area (Å²) in [6, 6.07) is 6.23. The largest absolute Gasteiger partial charge is 0.319 e. The van der Waals surface area contributed by atoms with Gasteiger partial charge >= 0.3 is 0 Å². The number of nitrogens with zero attached hydrogens (tertiary/aromatic N) is 1. The topological polar surface area (TPSA) is 38.9 Å². The predicted octanol–water partition coefficient (Wildman–Crippen LogP) is 4.18. The van der Waals surface area contributed by atoms with Crippen LogP contribution in [0.25, 0.3) is 10.2 Å². The highest BCUT2D eigenvalue weighted by atomic mass is 79.9. The molecule has 3 rings (SSSR count). The van der Waals surface area contributed by atoms with Crippen molar-refractivity contribution in [2.24, 2.45) is 5.73 Å². The molecule has 1 aliphatic rings. The summed E-state index contributed by atoms with van der Waals surface area (Å²) in [5.74, 6) is 0. The van der Waals surface area contributed by atoms with Gasteiger partial charge in [0.1, 0.15) is 5.01 Å². The van der Waals surface area contributed by atoms with E-state index in [1.54, 1.807) is 11.3 Å². The molecule has 1 heterocycles. The molecule has 1 saturated carbocycles. The third-order valence-electron chi connectivity index (χ3n) is 3.52. The number of benzene rings is 1. The Bertz CT molecular complexity index is 543. The van der Waals surface area contributed by atoms with E-state index in [-0.39, 0.29) is 5.54 Å². The van der Waals surface area contributed by atoms with Crippen molar-refractivity contribution in [3.05, 3.63) is 27.7 Å². The maximum absolute atomic E-state index is 6.52. The monoisotopic (exact) mass is 310 g/mol. The summed E-state index contributed by atoms with van der Waals surface area (Å²) in [5.41, 5.74) is 7.42. The second-order valence-corrected chi connectivity index (χ2v) is 6.79. The maximum atomic E-state index is 6.52. The van der Waals surface area contributed by atoms with E-state index in [0.717, 1.165) is 27.8 Å². The molecule has 4 heteroatoms. The van der Waals surface area contributed by atoms with Crippen molar-refractivity contribution in [3.8, 4) is 0 Å². The van der Waals surface area contributed by atoms with E-state index in [1.807, 2.05) is 6.07 Å². The standard InChI is InChI=1S/C13H15BrN2S/c14-9-4-5-10-11(8-9)17-12(16-10)13(15)6-2-1-3-7-13/h4-5,8H,1-3,6-7,15H2. The number of fused-ring (bicyclic) bond motifs is 1. The summed E-state index contributed by atoms with van der Waals surface area (Å²) in [6.07, 6.45) is 5.93. The third kappa shape index (κ3) is 2.14. The maximum Gasteiger partial charge on any atom is 0.114 e. The van der Waals surface area contributed by atoms with Crippen molar-refractivity contribution in [1.82, 2.24) is 4.98 Å². The van der Waals surface area contributed by atoms with Gasteiger partial charge < -0.3 is 5.73 Å². The van der Waals surface area contributed by atoms with Crippen LogP contribution in [0, 0.1) is 0 Å². The summed E-state index contributed by atoms with van der Waals surface area (Å²) in [6.45, 7) is 0. The summed E-state index contributed by atoms with van der Waals surface area (Å²) in [4.78, 5) is 4.72. The summed E-state index contributed by atoms with van der Waals surface area (Å²) in [7, 11) is 0. The molecule has 90 valence electrons. The molecule has 0 unspecified atom stereocenters. The second-order valence-electron chi connectivity index (χ2n) is 4.85. The lowest BCUT2D eigenvalue weighted by Crippen LogP contribution is -2.38. The number of thiazole rings is 1. The first-order valence-corrected chi connectivity index (χ1v) is 7.64. The van der Waals surface area contributed by atoms with E-state index in [9.17, 15) is 0 Å². The molecular weight excluding hydrogens is 296 g/mol. The highest BCUT2D eigenvalue weighted by molar-refractivity contribution is 9.10. The molecule has 0 amide bonds. The number of hydrogen-bond acceptors (Lipinski definition) is 3. The fraction of sp³-hybridized carbons (Fsp3) is 0.462. The Morgan fingerprint density at radius 3 is 2.76 bits per heavy atom. The van der Waals surface area contributed by atoms with Crippen LogP contribution < -0.4 is 5.73 Å². The van der Waals surface area contributed by atoms with Crippen molar-refractivity contribution < 1.29 is 0 Å². The Kier molecular flexibility index (Phi) is 2.97. The molecule has 1 aromatic carbocycles. The summed E-state index contributed by atoms with van der Waals surface area (Å²) in [5, 5.41) is 1.12. The number of nitrogens with two attached hydrogens (primary N) is 1. The Morgan fingerprint density at radius 2 is 2.00 bits per heavy atom. The van der Waals surface area contributed by atoms with Crippen molar-refractivity contribution in [3.63, 3.8) is 0 Å². The highest BCUT2D eigenvalue weighted by Gasteiger charge is 2.32. The van der Waals surface area contributed by atoms with Crippen LogP contribution in [0.3, 0.4) is 0 Å². The van der Waals surface area contributed by atoms with Gasteiger partial charge in [0.05, 0.1) is 15.8 Å². The van der Waals surface area contributed by atoms with Crippen LogP contribution >= 0.6 is 27.3 Å². The van der Waals surface area contributed by atoms with Crippen LogP contribution in [0.5, 0.6) is 0 Å². The molecular formula is C13H15BrN2S. The summed E-state index contributed by atoms with van der Waals surface area (Å²) < 4.78 is 2.33. The predicted molar refractivity (Wildman–Crippen MR) is 76.3 cm³/mol. The quantitative estimate of drug-likeness (QED) is 0.858. The van der Waals surface area contributed by atoms with Gasteiger partial charge in [-0.2, -0.15) is 0 Å². The molecule has 0 spiro atoms. The van der Waals surface area contributed by atoms with Crippen LogP contribution in [0.4, 0.5) is 0 Å². The molecule has 2 aromatic rings. The minimum Gasteiger partial charge on any atom is -0.319 e. The molecule has 1 fully saturated rings. The van der Waals surface area contributed by atoms with Gasteiger partial charge in [-0.25, -0.2) is 4.98 Å². The average Bonchev–Trinajstić information content (AvgIpc) is 2.73. The number of aromatic nitrogens is 1. The number of hydrogen-bond donors (Lipinski definition) is 1. The van der Waals surface area contributed by atoms with Crippen molar-refractivity contribution >= 4 is 37.5 Å². The van der Waals surface area contributed by atoms with E-state index >= 15 is 0 Å². The van der Waals surface area contributed by atoms with Gasteiger partial charge in [0, 0.05) is 4.47 Å². The molecule has 1 aromatic heterocycles. The lowest BCUT2D eigenvalue weighted by molar-refractivity contribution is 0.302. The first-order valence-electron chi connectivity index (χ1n) is 6.03. The Morgan fingerprint density at radius 1 is 1.24 bits per heavy atom. The fourth-order valence-electron chi connectivity index (χ4n) is 2.51. The number of halogens is 1. The van der Waals surface area contributed by atoms with Crippen LogP contribution in [0.1, 0.15) is 37.1 Å². The fourth-order valence-corrected chi connectivity index (χ4v) is 4.18. The molecule has 0 bridgehead atoms. The smallest absolute Gasteiger partial charge is 0.114 e. The summed E-state index contributed by atoms with van der Waals surface area (Å²) >= 11 is 5.25. The van der Waals surface area contributed by atoms with Gasteiger partial charge in [0.15, 0.2) is 0 Å². The third-order valence-corrected chi connectivity index (χ3v) is 5.25. The molecule has 1 aliphatic carbocycles. The lowest BCUT2D eigenvalue weighted by Gasteiger charge is -2.31. The molecule has 2 N–H and O–H groups in total. The van der Waals surface area contributed by atoms with Crippen LogP contribution in [-0.2, 0) is 5.54 Å². The van der Waals surface area contributed by atoms with Gasteiger partial charge in [-0.15, -0.1) is 11.3 Å². The SMILES string of the molecule is NC1(c2nc3ccc(Br)cc3s2)CCCCC1. The van der Waals surface area contributed by atoms with Gasteiger partial charge in [0.25, 0.3) is 0 Å². The zero-order valence-corrected chi connectivity index (χ0v) is 12.0.